The second kappa shape index (κ2) is 10.2. The molecule has 33 heavy (non-hydrogen) atoms. The summed E-state index contributed by atoms with van der Waals surface area (Å²) in [6.45, 7) is 1.14. The summed E-state index contributed by atoms with van der Waals surface area (Å²) in [4.78, 5) is 12.7. The van der Waals surface area contributed by atoms with E-state index in [4.69, 9.17) is 9.47 Å². The maximum absolute atomic E-state index is 13.2. The maximum atomic E-state index is 13.2. The molecular formula is C27H27FN2O3. The van der Waals surface area contributed by atoms with E-state index in [1.165, 1.54) is 12.1 Å². The number of fused-ring (bicyclic) bond motifs is 1. The van der Waals surface area contributed by atoms with Gasteiger partial charge in [0.15, 0.2) is 11.5 Å². The van der Waals surface area contributed by atoms with E-state index >= 15 is 0 Å². The second-order valence-electron chi connectivity index (χ2n) is 7.89. The zero-order chi connectivity index (χ0) is 23.2. The largest absolute Gasteiger partial charge is 0.493 e. The van der Waals surface area contributed by atoms with E-state index in [2.05, 4.69) is 9.88 Å². The molecule has 0 bridgehead atoms. The Morgan fingerprint density at radius 1 is 0.939 bits per heavy atom. The van der Waals surface area contributed by atoms with Crippen LogP contribution in [0.1, 0.15) is 16.7 Å². The minimum atomic E-state index is -0.249. The Kier molecular flexibility index (Phi) is 6.93. The van der Waals surface area contributed by atoms with Crippen molar-refractivity contribution < 1.29 is 18.7 Å². The van der Waals surface area contributed by atoms with Crippen LogP contribution in [0.3, 0.4) is 0 Å². The van der Waals surface area contributed by atoms with Crippen LogP contribution in [-0.2, 0) is 24.2 Å². The van der Waals surface area contributed by atoms with Crippen LogP contribution in [0.2, 0.25) is 0 Å². The van der Waals surface area contributed by atoms with E-state index in [0.29, 0.717) is 37.4 Å². The highest BCUT2D eigenvalue weighted by molar-refractivity contribution is 5.89. The van der Waals surface area contributed by atoms with Gasteiger partial charge in [-0.05, 0) is 53.4 Å². The number of methoxy groups -OCH3 is 2. The molecule has 1 aromatic heterocycles. The van der Waals surface area contributed by atoms with E-state index < -0.39 is 0 Å². The van der Waals surface area contributed by atoms with E-state index in [1.807, 2.05) is 48.7 Å². The van der Waals surface area contributed by atoms with Crippen molar-refractivity contribution in [2.45, 2.75) is 19.4 Å². The summed E-state index contributed by atoms with van der Waals surface area (Å²) in [6.07, 6.45) is 3.00. The highest BCUT2D eigenvalue weighted by Crippen LogP contribution is 2.27. The summed E-state index contributed by atoms with van der Waals surface area (Å²) < 4.78 is 26.0. The predicted octanol–water partition coefficient (Wildman–Crippen LogP) is 4.75. The molecule has 6 heteroatoms. The predicted molar refractivity (Wildman–Crippen MR) is 127 cm³/mol. The summed E-state index contributed by atoms with van der Waals surface area (Å²) >= 11 is 0. The van der Waals surface area contributed by atoms with Crippen LogP contribution in [0.4, 0.5) is 4.39 Å². The minimum absolute atomic E-state index is 0.0276. The van der Waals surface area contributed by atoms with Crippen molar-refractivity contribution in [3.8, 4) is 11.5 Å². The molecule has 1 heterocycles. The first-order valence-corrected chi connectivity index (χ1v) is 10.9. The van der Waals surface area contributed by atoms with Crippen molar-refractivity contribution in [1.29, 1.82) is 0 Å². The van der Waals surface area contributed by atoms with E-state index in [1.54, 1.807) is 26.4 Å². The Morgan fingerprint density at radius 3 is 2.42 bits per heavy atom. The summed E-state index contributed by atoms with van der Waals surface area (Å²) in [5.41, 5.74) is 4.08. The molecule has 170 valence electrons. The Balaban J connectivity index is 1.41. The summed E-state index contributed by atoms with van der Waals surface area (Å²) in [6, 6.07) is 20.3. The number of halogens is 1. The van der Waals surface area contributed by atoms with Crippen molar-refractivity contribution in [2.24, 2.45) is 0 Å². The van der Waals surface area contributed by atoms with Crippen LogP contribution < -0.4 is 14.8 Å². The quantitative estimate of drug-likeness (QED) is 0.404. The van der Waals surface area contributed by atoms with Gasteiger partial charge in [-0.3, -0.25) is 4.79 Å². The number of aromatic nitrogens is 1. The average molecular weight is 447 g/mol. The molecule has 3 aromatic carbocycles. The lowest BCUT2D eigenvalue weighted by Crippen LogP contribution is -2.27. The Morgan fingerprint density at radius 2 is 1.67 bits per heavy atom. The minimum Gasteiger partial charge on any atom is -0.493 e. The van der Waals surface area contributed by atoms with Crippen molar-refractivity contribution in [1.82, 2.24) is 9.88 Å². The normalized spacial score (nSPS) is 10.9. The van der Waals surface area contributed by atoms with Crippen LogP contribution in [0.25, 0.3) is 10.9 Å². The monoisotopic (exact) mass is 446 g/mol. The maximum Gasteiger partial charge on any atom is 0.224 e. The average Bonchev–Trinajstić information content (AvgIpc) is 3.17. The fourth-order valence-corrected chi connectivity index (χ4v) is 4.00. The van der Waals surface area contributed by atoms with Gasteiger partial charge in [0.1, 0.15) is 5.82 Å². The highest BCUT2D eigenvalue weighted by Gasteiger charge is 2.12. The van der Waals surface area contributed by atoms with E-state index in [9.17, 15) is 9.18 Å². The van der Waals surface area contributed by atoms with Gasteiger partial charge in [0, 0.05) is 30.2 Å². The number of amides is 1. The molecule has 0 radical (unpaired) electrons. The first-order valence-electron chi connectivity index (χ1n) is 10.9. The van der Waals surface area contributed by atoms with Gasteiger partial charge in [0.2, 0.25) is 5.91 Å². The smallest absolute Gasteiger partial charge is 0.224 e. The molecule has 0 saturated carbocycles. The SMILES string of the molecule is COc1ccc(CCNC(=O)Cc2cn(Cc3ccc(F)cc3)c3ccccc23)cc1OC. The van der Waals surface area contributed by atoms with E-state index in [-0.39, 0.29) is 11.7 Å². The van der Waals surface area contributed by atoms with Crippen molar-refractivity contribution >= 4 is 16.8 Å². The molecular weight excluding hydrogens is 419 g/mol. The van der Waals surface area contributed by atoms with Crippen molar-refractivity contribution in [3.63, 3.8) is 0 Å². The van der Waals surface area contributed by atoms with Crippen LogP contribution >= 0.6 is 0 Å². The first kappa shape index (κ1) is 22.4. The van der Waals surface area contributed by atoms with Crippen LogP contribution in [0, 0.1) is 5.82 Å². The lowest BCUT2D eigenvalue weighted by molar-refractivity contribution is -0.120. The molecule has 0 saturated heterocycles. The fraction of sp³-hybridized carbons (Fsp3) is 0.222. The third kappa shape index (κ3) is 5.34. The fourth-order valence-electron chi connectivity index (χ4n) is 4.00. The molecule has 0 spiro atoms. The summed E-state index contributed by atoms with van der Waals surface area (Å²) in [5, 5.41) is 4.06. The molecule has 1 amide bonds. The molecule has 4 aromatic rings. The standard InChI is InChI=1S/C27H27FN2O3/c1-32-25-12-9-19(15-26(25)33-2)13-14-29-27(31)16-21-18-30(24-6-4-3-5-23(21)24)17-20-7-10-22(28)11-8-20/h3-12,15,18H,13-14,16-17H2,1-2H3,(H,29,31). The zero-order valence-electron chi connectivity index (χ0n) is 18.8. The molecule has 5 nitrogen and oxygen atoms in total. The van der Waals surface area contributed by atoms with Gasteiger partial charge in [-0.15, -0.1) is 0 Å². The molecule has 0 aliphatic heterocycles. The van der Waals surface area contributed by atoms with Crippen molar-refractivity contribution in [2.75, 3.05) is 20.8 Å². The number of rotatable bonds is 9. The summed E-state index contributed by atoms with van der Waals surface area (Å²) in [5.74, 6) is 1.08. The molecule has 0 atom stereocenters. The number of ether oxygens (including phenoxy) is 2. The highest BCUT2D eigenvalue weighted by atomic mass is 19.1. The number of para-hydroxylation sites is 1. The number of nitrogens with one attached hydrogen (secondary N) is 1. The number of hydrogen-bond donors (Lipinski definition) is 1. The second-order valence-corrected chi connectivity index (χ2v) is 7.89. The third-order valence-corrected chi connectivity index (χ3v) is 5.67. The molecule has 4 rings (SSSR count). The molecule has 1 N–H and O–H groups in total. The topological polar surface area (TPSA) is 52.5 Å². The summed E-state index contributed by atoms with van der Waals surface area (Å²) in [7, 11) is 3.21. The van der Waals surface area contributed by atoms with Gasteiger partial charge in [0.05, 0.1) is 20.6 Å². The Hall–Kier alpha value is -3.80. The first-order chi connectivity index (χ1) is 16.1. The van der Waals surface area contributed by atoms with Crippen LogP contribution in [-0.4, -0.2) is 31.2 Å². The molecule has 0 unspecified atom stereocenters. The van der Waals surface area contributed by atoms with Crippen LogP contribution in [0.15, 0.2) is 72.9 Å². The number of nitrogens with zero attached hydrogens (tertiary/aromatic N) is 1. The lowest BCUT2D eigenvalue weighted by Gasteiger charge is -2.10. The Labute approximate surface area is 192 Å². The zero-order valence-corrected chi connectivity index (χ0v) is 18.8. The number of hydrogen-bond acceptors (Lipinski definition) is 3. The van der Waals surface area contributed by atoms with Gasteiger partial charge in [-0.1, -0.05) is 36.4 Å². The number of benzene rings is 3. The molecule has 0 aliphatic carbocycles. The number of carbonyl (C=O) groups is 1. The van der Waals surface area contributed by atoms with Crippen LogP contribution in [0.5, 0.6) is 11.5 Å². The third-order valence-electron chi connectivity index (χ3n) is 5.67. The number of carbonyl (C=O) groups excluding carboxylic acids is 1. The molecule has 0 aliphatic rings. The van der Waals surface area contributed by atoms with Gasteiger partial charge in [-0.25, -0.2) is 4.39 Å². The lowest BCUT2D eigenvalue weighted by atomic mass is 10.1. The van der Waals surface area contributed by atoms with Crippen molar-refractivity contribution in [3.05, 3.63) is 95.4 Å². The van der Waals surface area contributed by atoms with Gasteiger partial charge < -0.3 is 19.4 Å². The molecule has 0 fully saturated rings. The van der Waals surface area contributed by atoms with Gasteiger partial charge in [-0.2, -0.15) is 0 Å². The van der Waals surface area contributed by atoms with E-state index in [0.717, 1.165) is 27.6 Å². The van der Waals surface area contributed by atoms with Gasteiger partial charge in [0.25, 0.3) is 0 Å². The van der Waals surface area contributed by atoms with Gasteiger partial charge >= 0.3 is 0 Å². The Bertz CT molecular complexity index is 1250.